The van der Waals surface area contributed by atoms with Crippen molar-refractivity contribution in [3.05, 3.63) is 88.7 Å². The summed E-state index contributed by atoms with van der Waals surface area (Å²) >= 11 is 0. The van der Waals surface area contributed by atoms with E-state index in [4.69, 9.17) is 9.47 Å². The molecule has 0 bridgehead atoms. The van der Waals surface area contributed by atoms with Crippen LogP contribution in [0.4, 0.5) is 10.1 Å². The molecule has 0 saturated carbocycles. The summed E-state index contributed by atoms with van der Waals surface area (Å²) in [6.45, 7) is 3.84. The van der Waals surface area contributed by atoms with E-state index in [2.05, 4.69) is 15.8 Å². The molecule has 3 aromatic rings. The minimum absolute atomic E-state index is 0.0438. The Bertz CT molecular complexity index is 1170. The highest BCUT2D eigenvalue weighted by Gasteiger charge is 2.13. The van der Waals surface area contributed by atoms with Gasteiger partial charge in [0.05, 0.1) is 13.3 Å². The van der Waals surface area contributed by atoms with E-state index in [0.717, 1.165) is 11.1 Å². The molecule has 170 valence electrons. The molecule has 0 heterocycles. The highest BCUT2D eigenvalue weighted by Crippen LogP contribution is 2.28. The molecule has 3 rings (SSSR count). The van der Waals surface area contributed by atoms with Crippen LogP contribution < -0.4 is 20.2 Å². The maximum atomic E-state index is 13.8. The van der Waals surface area contributed by atoms with Gasteiger partial charge in [-0.05, 0) is 66.9 Å². The molecule has 2 N–H and O–H groups in total. The summed E-state index contributed by atoms with van der Waals surface area (Å²) in [6.07, 6.45) is 1.37. The molecule has 0 saturated heterocycles. The number of carbonyl (C=O) groups is 2. The number of nitrogens with one attached hydrogen (secondary N) is 2. The lowest BCUT2D eigenvalue weighted by Crippen LogP contribution is -2.32. The lowest BCUT2D eigenvalue weighted by molar-refractivity contribution is -0.136. The number of amides is 2. The summed E-state index contributed by atoms with van der Waals surface area (Å²) in [5, 5.41) is 6.36. The van der Waals surface area contributed by atoms with E-state index in [0.29, 0.717) is 28.3 Å². The van der Waals surface area contributed by atoms with Crippen molar-refractivity contribution in [2.24, 2.45) is 5.10 Å². The number of hydrogen-bond donors (Lipinski definition) is 2. The molecule has 7 nitrogen and oxygen atoms in total. The molecule has 0 unspecified atom stereocenters. The highest BCUT2D eigenvalue weighted by molar-refractivity contribution is 6.39. The van der Waals surface area contributed by atoms with Crippen molar-refractivity contribution in [3.8, 4) is 11.5 Å². The van der Waals surface area contributed by atoms with Crippen LogP contribution in [0, 0.1) is 19.7 Å². The van der Waals surface area contributed by atoms with Gasteiger partial charge in [-0.3, -0.25) is 9.59 Å². The van der Waals surface area contributed by atoms with Crippen molar-refractivity contribution in [1.82, 2.24) is 5.43 Å². The Hall–Kier alpha value is -4.20. The van der Waals surface area contributed by atoms with E-state index in [9.17, 15) is 14.0 Å². The van der Waals surface area contributed by atoms with Gasteiger partial charge in [-0.15, -0.1) is 0 Å². The predicted octanol–water partition coefficient (Wildman–Crippen LogP) is 4.12. The van der Waals surface area contributed by atoms with Crippen molar-refractivity contribution in [2.45, 2.75) is 20.5 Å². The third kappa shape index (κ3) is 6.64. The quantitative estimate of drug-likeness (QED) is 0.323. The number of methoxy groups -OCH3 is 1. The van der Waals surface area contributed by atoms with Crippen molar-refractivity contribution >= 4 is 23.7 Å². The second kappa shape index (κ2) is 10.9. The van der Waals surface area contributed by atoms with Crippen LogP contribution in [0.5, 0.6) is 11.5 Å². The minimum Gasteiger partial charge on any atom is -0.493 e. The molecule has 0 atom stereocenters. The molecule has 0 aliphatic carbocycles. The van der Waals surface area contributed by atoms with Crippen LogP contribution in [0.3, 0.4) is 0 Å². The molecule has 33 heavy (non-hydrogen) atoms. The fourth-order valence-electron chi connectivity index (χ4n) is 3.11. The van der Waals surface area contributed by atoms with Crippen LogP contribution in [-0.2, 0) is 16.2 Å². The fourth-order valence-corrected chi connectivity index (χ4v) is 3.11. The Morgan fingerprint density at radius 2 is 1.70 bits per heavy atom. The SMILES string of the molecule is COc1cc(/C=N/NC(=O)C(=O)Nc2cc(C)cc(C)c2)ccc1OCc1ccccc1F. The monoisotopic (exact) mass is 449 g/mol. The number of nitrogens with zero attached hydrogens (tertiary/aromatic N) is 1. The molecule has 0 radical (unpaired) electrons. The number of benzene rings is 3. The lowest BCUT2D eigenvalue weighted by atomic mass is 10.1. The number of hydrogen-bond acceptors (Lipinski definition) is 5. The van der Waals surface area contributed by atoms with Gasteiger partial charge in [0, 0.05) is 11.3 Å². The second-order valence-electron chi connectivity index (χ2n) is 7.32. The Labute approximate surface area is 191 Å². The van der Waals surface area contributed by atoms with Crippen LogP contribution >= 0.6 is 0 Å². The predicted molar refractivity (Wildman–Crippen MR) is 124 cm³/mol. The molecule has 0 aliphatic rings. The van der Waals surface area contributed by atoms with E-state index in [1.54, 1.807) is 48.5 Å². The fraction of sp³-hybridized carbons (Fsp3) is 0.160. The minimum atomic E-state index is -0.901. The van der Waals surface area contributed by atoms with Gasteiger partial charge in [-0.25, -0.2) is 9.82 Å². The maximum Gasteiger partial charge on any atom is 0.329 e. The summed E-state index contributed by atoms with van der Waals surface area (Å²) in [5.74, 6) is -1.24. The van der Waals surface area contributed by atoms with Gasteiger partial charge in [0.15, 0.2) is 11.5 Å². The molecular formula is C25H24FN3O4. The number of carbonyl (C=O) groups excluding carboxylic acids is 2. The maximum absolute atomic E-state index is 13.8. The van der Waals surface area contributed by atoms with Crippen LogP contribution in [0.1, 0.15) is 22.3 Å². The first kappa shape index (κ1) is 23.5. The number of hydrazone groups is 1. The normalized spacial score (nSPS) is 10.7. The lowest BCUT2D eigenvalue weighted by Gasteiger charge is -2.11. The molecule has 3 aromatic carbocycles. The van der Waals surface area contributed by atoms with Crippen LogP contribution in [0.25, 0.3) is 0 Å². The molecule has 0 fully saturated rings. The molecule has 0 spiro atoms. The summed E-state index contributed by atoms with van der Waals surface area (Å²) in [4.78, 5) is 24.1. The Kier molecular flexibility index (Phi) is 7.75. The highest BCUT2D eigenvalue weighted by atomic mass is 19.1. The summed E-state index contributed by atoms with van der Waals surface area (Å²) < 4.78 is 24.8. The third-order valence-electron chi connectivity index (χ3n) is 4.59. The molecule has 0 aliphatic heterocycles. The van der Waals surface area contributed by atoms with E-state index in [-0.39, 0.29) is 12.4 Å². The topological polar surface area (TPSA) is 89.0 Å². The van der Waals surface area contributed by atoms with E-state index >= 15 is 0 Å². The van der Waals surface area contributed by atoms with Gasteiger partial charge in [0.1, 0.15) is 12.4 Å². The van der Waals surface area contributed by atoms with Gasteiger partial charge >= 0.3 is 11.8 Å². The number of rotatable bonds is 7. The van der Waals surface area contributed by atoms with Crippen LogP contribution in [0.15, 0.2) is 65.8 Å². The number of ether oxygens (including phenoxy) is 2. The van der Waals surface area contributed by atoms with Gasteiger partial charge in [-0.2, -0.15) is 5.10 Å². The van der Waals surface area contributed by atoms with E-state index in [1.165, 1.54) is 19.4 Å². The van der Waals surface area contributed by atoms with Gasteiger partial charge in [0.2, 0.25) is 0 Å². The standard InChI is InChI=1S/C25H24FN3O4/c1-16-10-17(2)12-20(11-16)28-24(30)25(31)29-27-14-18-8-9-22(23(13-18)32-3)33-15-19-6-4-5-7-21(19)26/h4-14H,15H2,1-3H3,(H,28,30)(H,29,31)/b27-14+. The number of halogens is 1. The summed E-state index contributed by atoms with van der Waals surface area (Å²) in [7, 11) is 1.48. The zero-order chi connectivity index (χ0) is 23.8. The molecule has 2 amide bonds. The zero-order valence-electron chi connectivity index (χ0n) is 18.5. The van der Waals surface area contributed by atoms with Crippen LogP contribution in [-0.4, -0.2) is 25.1 Å². The first-order valence-electron chi connectivity index (χ1n) is 10.1. The van der Waals surface area contributed by atoms with Crippen LogP contribution in [0.2, 0.25) is 0 Å². The van der Waals surface area contributed by atoms with E-state index in [1.807, 2.05) is 19.9 Å². The van der Waals surface area contributed by atoms with Crippen molar-refractivity contribution in [3.63, 3.8) is 0 Å². The van der Waals surface area contributed by atoms with Gasteiger partial charge in [-0.1, -0.05) is 24.3 Å². The largest absolute Gasteiger partial charge is 0.493 e. The van der Waals surface area contributed by atoms with Crippen molar-refractivity contribution in [2.75, 3.05) is 12.4 Å². The first-order valence-corrected chi connectivity index (χ1v) is 10.1. The van der Waals surface area contributed by atoms with Crippen molar-refractivity contribution in [1.29, 1.82) is 0 Å². The third-order valence-corrected chi connectivity index (χ3v) is 4.59. The van der Waals surface area contributed by atoms with Gasteiger partial charge < -0.3 is 14.8 Å². The summed E-state index contributed by atoms with van der Waals surface area (Å²) in [5.41, 5.74) is 5.69. The Morgan fingerprint density at radius 3 is 2.39 bits per heavy atom. The molecule has 8 heteroatoms. The average molecular weight is 449 g/mol. The summed E-state index contributed by atoms with van der Waals surface area (Å²) in [6, 6.07) is 16.8. The van der Waals surface area contributed by atoms with E-state index < -0.39 is 11.8 Å². The molecular weight excluding hydrogens is 425 g/mol. The first-order chi connectivity index (χ1) is 15.9. The smallest absolute Gasteiger partial charge is 0.329 e. The van der Waals surface area contributed by atoms with Gasteiger partial charge in [0.25, 0.3) is 0 Å². The zero-order valence-corrected chi connectivity index (χ0v) is 18.5. The van der Waals surface area contributed by atoms with Crippen molar-refractivity contribution < 1.29 is 23.5 Å². The Morgan fingerprint density at radius 1 is 0.970 bits per heavy atom. The number of anilines is 1. The average Bonchev–Trinajstić information content (AvgIpc) is 2.78. The Balaban J connectivity index is 1.58. The molecule has 0 aromatic heterocycles. The second-order valence-corrected chi connectivity index (χ2v) is 7.32. The number of aryl methyl sites for hydroxylation is 2.